The van der Waals surface area contributed by atoms with Crippen LogP contribution in [0.3, 0.4) is 0 Å². The van der Waals surface area contributed by atoms with Crippen LogP contribution >= 0.6 is 11.8 Å². The number of thioether (sulfide) groups is 1. The van der Waals surface area contributed by atoms with E-state index in [4.69, 9.17) is 9.84 Å². The van der Waals surface area contributed by atoms with E-state index in [9.17, 15) is 20.1 Å². The van der Waals surface area contributed by atoms with Crippen LogP contribution in [0.25, 0.3) is 0 Å². The van der Waals surface area contributed by atoms with Gasteiger partial charge in [0.1, 0.15) is 29.9 Å². The zero-order valence-corrected chi connectivity index (χ0v) is 12.9. The van der Waals surface area contributed by atoms with Gasteiger partial charge in [-0.3, -0.25) is 4.79 Å². The fraction of sp³-hybridized carbons (Fsp3) is 0.923. The minimum atomic E-state index is -1.33. The van der Waals surface area contributed by atoms with Crippen molar-refractivity contribution in [3.05, 3.63) is 0 Å². The van der Waals surface area contributed by atoms with E-state index < -0.39 is 36.5 Å². The van der Waals surface area contributed by atoms with Crippen molar-refractivity contribution in [3.8, 4) is 0 Å². The van der Waals surface area contributed by atoms with Gasteiger partial charge in [-0.05, 0) is 18.6 Å². The summed E-state index contributed by atoms with van der Waals surface area (Å²) in [5.41, 5.74) is -0.679. The second-order valence-electron chi connectivity index (χ2n) is 4.95. The molecule has 124 valence electrons. The van der Waals surface area contributed by atoms with Gasteiger partial charge in [-0.15, -0.1) is 11.8 Å². The lowest BCUT2D eigenvalue weighted by atomic mass is 10.0. The van der Waals surface area contributed by atoms with Crippen LogP contribution in [0.2, 0.25) is 0 Å². The Morgan fingerprint density at radius 1 is 1.14 bits per heavy atom. The zero-order chi connectivity index (χ0) is 15.8. The highest BCUT2D eigenvalue weighted by Crippen LogP contribution is 2.29. The zero-order valence-electron chi connectivity index (χ0n) is 12.1. The van der Waals surface area contributed by atoms with Gasteiger partial charge >= 0.3 is 5.97 Å². The molecule has 0 aliphatic carbocycles. The van der Waals surface area contributed by atoms with E-state index in [1.165, 1.54) is 18.9 Å². The number of unbranched alkanes of at least 4 members (excludes halogenated alkanes) is 2. The first-order chi connectivity index (χ1) is 10.0. The molecule has 1 fully saturated rings. The van der Waals surface area contributed by atoms with E-state index in [2.05, 4.69) is 4.74 Å². The van der Waals surface area contributed by atoms with Gasteiger partial charge in [0.25, 0.3) is 0 Å². The average molecular weight is 324 g/mol. The van der Waals surface area contributed by atoms with E-state index in [1.807, 2.05) is 0 Å². The molecule has 0 spiro atoms. The van der Waals surface area contributed by atoms with Crippen LogP contribution in [-0.4, -0.2) is 75.7 Å². The number of carbonyl (C=O) groups excluding carboxylic acids is 1. The Balaban J connectivity index is 2.23. The molecule has 0 aromatic heterocycles. The molecular weight excluding hydrogens is 300 g/mol. The molecule has 1 aliphatic heterocycles. The molecule has 0 amide bonds. The second-order valence-corrected chi connectivity index (χ2v) is 6.16. The summed E-state index contributed by atoms with van der Waals surface area (Å²) >= 11 is 1.32. The lowest BCUT2D eigenvalue weighted by Gasteiger charge is -2.39. The first-order valence-electron chi connectivity index (χ1n) is 7.00. The Labute approximate surface area is 128 Å². The minimum absolute atomic E-state index is 0.225. The summed E-state index contributed by atoms with van der Waals surface area (Å²) < 4.78 is 9.91. The van der Waals surface area contributed by atoms with Gasteiger partial charge in [0.05, 0.1) is 13.7 Å². The van der Waals surface area contributed by atoms with Gasteiger partial charge < -0.3 is 29.9 Å². The molecule has 0 bridgehead atoms. The molecule has 0 radical (unpaired) electrons. The SMILES string of the molecule is COC(=O)CCCCCS[C@@H]1O[C@H](CO)[C@@H](O)[C@H](O)[C@@H]1O. The third kappa shape index (κ3) is 5.72. The number of rotatable bonds is 8. The highest BCUT2D eigenvalue weighted by Gasteiger charge is 2.43. The van der Waals surface area contributed by atoms with Crippen molar-refractivity contribution in [2.24, 2.45) is 0 Å². The smallest absolute Gasteiger partial charge is 0.305 e. The number of hydrogen-bond donors (Lipinski definition) is 4. The highest BCUT2D eigenvalue weighted by atomic mass is 32.2. The van der Waals surface area contributed by atoms with Crippen LogP contribution in [-0.2, 0) is 14.3 Å². The van der Waals surface area contributed by atoms with Crippen molar-refractivity contribution in [1.82, 2.24) is 0 Å². The predicted octanol–water partition coefficient (Wildman–Crippen LogP) is -0.747. The number of hydrogen-bond acceptors (Lipinski definition) is 8. The summed E-state index contributed by atoms with van der Waals surface area (Å²) in [6.45, 7) is -0.416. The number of carbonyl (C=O) groups is 1. The summed E-state index contributed by atoms with van der Waals surface area (Å²) in [7, 11) is 1.36. The minimum Gasteiger partial charge on any atom is -0.469 e. The van der Waals surface area contributed by atoms with Crippen molar-refractivity contribution >= 4 is 17.7 Å². The summed E-state index contributed by atoms with van der Waals surface area (Å²) in [5.74, 6) is 0.459. The molecule has 21 heavy (non-hydrogen) atoms. The topological polar surface area (TPSA) is 116 Å². The molecular formula is C13H24O7S. The fourth-order valence-corrected chi connectivity index (χ4v) is 3.24. The van der Waals surface area contributed by atoms with Crippen molar-refractivity contribution in [2.45, 2.75) is 55.5 Å². The molecule has 1 aliphatic rings. The van der Waals surface area contributed by atoms with Gasteiger partial charge in [0.2, 0.25) is 0 Å². The van der Waals surface area contributed by atoms with Crippen molar-refractivity contribution < 1.29 is 34.7 Å². The maximum atomic E-state index is 10.9. The van der Waals surface area contributed by atoms with Crippen molar-refractivity contribution in [2.75, 3.05) is 19.5 Å². The summed E-state index contributed by atoms with van der Waals surface area (Å²) in [6, 6.07) is 0. The van der Waals surface area contributed by atoms with E-state index in [0.717, 1.165) is 19.3 Å². The van der Waals surface area contributed by atoms with E-state index >= 15 is 0 Å². The molecule has 0 unspecified atom stereocenters. The molecule has 0 aromatic rings. The lowest BCUT2D eigenvalue weighted by Crippen LogP contribution is -2.57. The molecule has 7 nitrogen and oxygen atoms in total. The van der Waals surface area contributed by atoms with E-state index in [0.29, 0.717) is 12.2 Å². The number of aliphatic hydroxyl groups is 4. The van der Waals surface area contributed by atoms with Gasteiger partial charge in [-0.1, -0.05) is 6.42 Å². The third-order valence-electron chi connectivity index (χ3n) is 3.38. The molecule has 8 heteroatoms. The monoisotopic (exact) mass is 324 g/mol. The van der Waals surface area contributed by atoms with Crippen LogP contribution < -0.4 is 0 Å². The number of ether oxygens (including phenoxy) is 2. The average Bonchev–Trinajstić information content (AvgIpc) is 2.50. The highest BCUT2D eigenvalue weighted by molar-refractivity contribution is 7.99. The second kappa shape index (κ2) is 9.60. The Bertz CT molecular complexity index is 313. The molecule has 4 N–H and O–H groups in total. The number of esters is 1. The molecule has 1 rings (SSSR count). The quantitative estimate of drug-likeness (QED) is 0.340. The lowest BCUT2D eigenvalue weighted by molar-refractivity contribution is -0.205. The van der Waals surface area contributed by atoms with Gasteiger partial charge in [0, 0.05) is 6.42 Å². The van der Waals surface area contributed by atoms with Gasteiger partial charge in [0.15, 0.2) is 0 Å². The van der Waals surface area contributed by atoms with Gasteiger partial charge in [-0.2, -0.15) is 0 Å². The Morgan fingerprint density at radius 2 is 1.86 bits per heavy atom. The van der Waals surface area contributed by atoms with Crippen molar-refractivity contribution in [3.63, 3.8) is 0 Å². The Kier molecular flexibility index (Phi) is 8.53. The molecule has 1 saturated heterocycles. The maximum Gasteiger partial charge on any atom is 0.305 e. The first-order valence-corrected chi connectivity index (χ1v) is 8.05. The number of methoxy groups -OCH3 is 1. The standard InChI is InChI=1S/C13H24O7S/c1-19-9(15)5-3-2-4-6-21-13-12(18)11(17)10(16)8(7-14)20-13/h8,10-14,16-18H,2-7H2,1H3/t8-,10-,11+,12+,13+/m1/s1. The van der Waals surface area contributed by atoms with Crippen LogP contribution in [0.5, 0.6) is 0 Å². The van der Waals surface area contributed by atoms with Crippen molar-refractivity contribution in [1.29, 1.82) is 0 Å². The maximum absolute atomic E-state index is 10.9. The normalized spacial score (nSPS) is 32.9. The fourth-order valence-electron chi connectivity index (χ4n) is 2.05. The summed E-state index contributed by atoms with van der Waals surface area (Å²) in [4.78, 5) is 10.9. The molecule has 0 aromatic carbocycles. The molecule has 1 heterocycles. The van der Waals surface area contributed by atoms with E-state index in [1.54, 1.807) is 0 Å². The Hall–Kier alpha value is -0.380. The van der Waals surface area contributed by atoms with Crippen LogP contribution in [0.1, 0.15) is 25.7 Å². The first kappa shape index (κ1) is 18.7. The van der Waals surface area contributed by atoms with Crippen LogP contribution in [0.15, 0.2) is 0 Å². The summed E-state index contributed by atoms with van der Waals surface area (Å²) in [6.07, 6.45) is -1.89. The predicted molar refractivity (Wildman–Crippen MR) is 76.7 cm³/mol. The molecule has 5 atom stereocenters. The number of aliphatic hydroxyl groups excluding tert-OH is 4. The van der Waals surface area contributed by atoms with Crippen LogP contribution in [0.4, 0.5) is 0 Å². The Morgan fingerprint density at radius 3 is 2.48 bits per heavy atom. The summed E-state index contributed by atoms with van der Waals surface area (Å²) in [5, 5.41) is 38.2. The van der Waals surface area contributed by atoms with E-state index in [-0.39, 0.29) is 5.97 Å². The third-order valence-corrected chi connectivity index (χ3v) is 4.63. The largest absolute Gasteiger partial charge is 0.469 e. The van der Waals surface area contributed by atoms with Crippen LogP contribution in [0, 0.1) is 0 Å². The van der Waals surface area contributed by atoms with Gasteiger partial charge in [-0.25, -0.2) is 0 Å². The molecule has 0 saturated carbocycles.